The van der Waals surface area contributed by atoms with E-state index in [0.717, 1.165) is 19.5 Å². The minimum Gasteiger partial charge on any atom is -0.368 e. The minimum atomic E-state index is 0.909. The van der Waals surface area contributed by atoms with E-state index in [-0.39, 0.29) is 0 Å². The Morgan fingerprint density at radius 3 is 2.76 bits per heavy atom. The molecule has 0 aliphatic heterocycles. The van der Waals surface area contributed by atoms with Crippen molar-refractivity contribution in [2.24, 2.45) is 0 Å². The first kappa shape index (κ1) is 15.4. The fourth-order valence-electron chi connectivity index (χ4n) is 2.57. The molecule has 0 aromatic heterocycles. The van der Waals surface area contributed by atoms with Crippen LogP contribution in [0.25, 0.3) is 6.08 Å². The highest BCUT2D eigenvalue weighted by Crippen LogP contribution is 2.26. The predicted octanol–water partition coefficient (Wildman–Crippen LogP) is 5.20. The van der Waals surface area contributed by atoms with Crippen LogP contribution in [0.5, 0.6) is 0 Å². The summed E-state index contributed by atoms with van der Waals surface area (Å²) in [5.74, 6) is 0. The lowest BCUT2D eigenvalue weighted by Crippen LogP contribution is -2.26. The molecule has 0 atom stereocenters. The van der Waals surface area contributed by atoms with Gasteiger partial charge in [0.25, 0.3) is 0 Å². The third kappa shape index (κ3) is 4.49. The van der Waals surface area contributed by atoms with Crippen LogP contribution in [0.4, 0.5) is 0 Å². The Morgan fingerprint density at radius 1 is 1.24 bits per heavy atom. The van der Waals surface area contributed by atoms with Gasteiger partial charge < -0.3 is 4.90 Å². The summed E-state index contributed by atoms with van der Waals surface area (Å²) >= 11 is 0. The van der Waals surface area contributed by atoms with Crippen molar-refractivity contribution in [1.29, 1.82) is 0 Å². The Balaban J connectivity index is 2.24. The molecular formula is C20H25N. The van der Waals surface area contributed by atoms with Gasteiger partial charge in [0.1, 0.15) is 0 Å². The van der Waals surface area contributed by atoms with Crippen LogP contribution >= 0.6 is 0 Å². The molecule has 2 rings (SSSR count). The highest BCUT2D eigenvalue weighted by atomic mass is 15.1. The number of benzene rings is 1. The molecule has 1 aromatic rings. The lowest BCUT2D eigenvalue weighted by Gasteiger charge is -2.29. The van der Waals surface area contributed by atoms with Crippen molar-refractivity contribution in [1.82, 2.24) is 4.90 Å². The molecule has 0 amide bonds. The van der Waals surface area contributed by atoms with E-state index >= 15 is 0 Å². The molecular weight excluding hydrogens is 254 g/mol. The molecule has 0 saturated carbocycles. The van der Waals surface area contributed by atoms with Gasteiger partial charge in [-0.2, -0.15) is 0 Å². The lowest BCUT2D eigenvalue weighted by atomic mass is 9.99. The molecule has 0 spiro atoms. The monoisotopic (exact) mass is 279 g/mol. The summed E-state index contributed by atoms with van der Waals surface area (Å²) in [6.45, 7) is 8.14. The lowest BCUT2D eigenvalue weighted by molar-refractivity contribution is 0.376. The molecule has 0 radical (unpaired) electrons. The Kier molecular flexibility index (Phi) is 6.08. The maximum Gasteiger partial charge on any atom is 0.0404 e. The fourth-order valence-corrected chi connectivity index (χ4v) is 2.57. The summed E-state index contributed by atoms with van der Waals surface area (Å²) in [7, 11) is 0. The summed E-state index contributed by atoms with van der Waals surface area (Å²) in [6, 6.07) is 10.6. The van der Waals surface area contributed by atoms with E-state index in [1.807, 2.05) is 6.08 Å². The average Bonchev–Trinajstić information content (AvgIpc) is 2.53. The summed E-state index contributed by atoms with van der Waals surface area (Å²) in [4.78, 5) is 2.44. The molecule has 0 N–H and O–H groups in total. The van der Waals surface area contributed by atoms with Crippen molar-refractivity contribution >= 4 is 6.08 Å². The van der Waals surface area contributed by atoms with Crippen molar-refractivity contribution < 1.29 is 0 Å². The van der Waals surface area contributed by atoms with Crippen LogP contribution in [0.2, 0.25) is 0 Å². The SMILES string of the molecule is C=CCN(CCCC)C1=CC=CCC1=Cc1ccccc1. The van der Waals surface area contributed by atoms with Crippen molar-refractivity contribution in [3.63, 3.8) is 0 Å². The normalized spacial score (nSPS) is 15.9. The minimum absolute atomic E-state index is 0.909. The van der Waals surface area contributed by atoms with Crippen LogP contribution in [0, 0.1) is 0 Å². The van der Waals surface area contributed by atoms with Crippen LogP contribution in [0.3, 0.4) is 0 Å². The van der Waals surface area contributed by atoms with Crippen molar-refractivity contribution in [3.8, 4) is 0 Å². The van der Waals surface area contributed by atoms with Crippen LogP contribution in [0.1, 0.15) is 31.7 Å². The number of hydrogen-bond donors (Lipinski definition) is 0. The van der Waals surface area contributed by atoms with Gasteiger partial charge in [-0.3, -0.25) is 0 Å². The fraction of sp³-hybridized carbons (Fsp3) is 0.300. The molecule has 110 valence electrons. The Labute approximate surface area is 129 Å². The van der Waals surface area contributed by atoms with E-state index < -0.39 is 0 Å². The van der Waals surface area contributed by atoms with Crippen molar-refractivity contribution in [2.75, 3.05) is 13.1 Å². The van der Waals surface area contributed by atoms with E-state index in [9.17, 15) is 0 Å². The molecule has 1 aliphatic carbocycles. The second kappa shape index (κ2) is 8.31. The Bertz CT molecular complexity index is 534. The van der Waals surface area contributed by atoms with Gasteiger partial charge in [-0.1, -0.05) is 61.9 Å². The quantitative estimate of drug-likeness (QED) is 0.620. The van der Waals surface area contributed by atoms with Gasteiger partial charge >= 0.3 is 0 Å². The summed E-state index contributed by atoms with van der Waals surface area (Å²) in [6.07, 6.45) is 14.4. The van der Waals surface area contributed by atoms with Gasteiger partial charge in [-0.15, -0.1) is 6.58 Å². The number of hydrogen-bond acceptors (Lipinski definition) is 1. The highest BCUT2D eigenvalue weighted by molar-refractivity contribution is 5.60. The molecule has 21 heavy (non-hydrogen) atoms. The predicted molar refractivity (Wildman–Crippen MR) is 92.9 cm³/mol. The topological polar surface area (TPSA) is 3.24 Å². The Morgan fingerprint density at radius 2 is 2.05 bits per heavy atom. The van der Waals surface area contributed by atoms with Crippen LogP contribution in [-0.4, -0.2) is 18.0 Å². The first-order valence-corrected chi connectivity index (χ1v) is 7.83. The number of allylic oxidation sites excluding steroid dienone is 4. The molecule has 0 bridgehead atoms. The van der Waals surface area contributed by atoms with Crippen LogP contribution in [0.15, 0.2) is 72.5 Å². The van der Waals surface area contributed by atoms with Crippen LogP contribution in [-0.2, 0) is 0 Å². The first-order valence-electron chi connectivity index (χ1n) is 7.83. The average molecular weight is 279 g/mol. The summed E-state index contributed by atoms with van der Waals surface area (Å²) in [5.41, 5.74) is 4.00. The summed E-state index contributed by atoms with van der Waals surface area (Å²) in [5, 5.41) is 0. The highest BCUT2D eigenvalue weighted by Gasteiger charge is 2.13. The van der Waals surface area contributed by atoms with Crippen molar-refractivity contribution in [3.05, 3.63) is 78.0 Å². The van der Waals surface area contributed by atoms with E-state index in [2.05, 4.69) is 73.0 Å². The third-order valence-corrected chi connectivity index (χ3v) is 3.67. The van der Waals surface area contributed by atoms with Gasteiger partial charge in [0.15, 0.2) is 0 Å². The molecule has 0 unspecified atom stereocenters. The number of unbranched alkanes of at least 4 members (excludes halogenated alkanes) is 1. The van der Waals surface area contributed by atoms with Gasteiger partial charge in [0.05, 0.1) is 0 Å². The first-order chi connectivity index (χ1) is 10.3. The molecule has 1 aromatic carbocycles. The zero-order chi connectivity index (χ0) is 14.9. The maximum atomic E-state index is 3.91. The van der Waals surface area contributed by atoms with E-state index in [1.165, 1.54) is 29.7 Å². The summed E-state index contributed by atoms with van der Waals surface area (Å²) < 4.78 is 0. The van der Waals surface area contributed by atoms with Gasteiger partial charge in [0.2, 0.25) is 0 Å². The number of nitrogens with zero attached hydrogens (tertiary/aromatic N) is 1. The largest absolute Gasteiger partial charge is 0.368 e. The standard InChI is InChI=1S/C20H25N/c1-3-5-16-21(15-4-2)20-14-10-9-13-19(20)17-18-11-7-6-8-12-18/h4,6-12,14,17H,2-3,5,13,15-16H2,1H3. The van der Waals surface area contributed by atoms with Gasteiger partial charge in [-0.25, -0.2) is 0 Å². The third-order valence-electron chi connectivity index (χ3n) is 3.67. The van der Waals surface area contributed by atoms with Gasteiger partial charge in [0, 0.05) is 18.8 Å². The van der Waals surface area contributed by atoms with Crippen LogP contribution < -0.4 is 0 Å². The second-order valence-corrected chi connectivity index (χ2v) is 5.35. The molecule has 1 aliphatic rings. The second-order valence-electron chi connectivity index (χ2n) is 5.35. The van der Waals surface area contributed by atoms with Gasteiger partial charge in [-0.05, 0) is 36.1 Å². The van der Waals surface area contributed by atoms with Crippen molar-refractivity contribution in [2.45, 2.75) is 26.2 Å². The molecule has 0 heterocycles. The van der Waals surface area contributed by atoms with E-state index in [1.54, 1.807) is 0 Å². The molecule has 1 nitrogen and oxygen atoms in total. The van der Waals surface area contributed by atoms with E-state index in [0.29, 0.717) is 0 Å². The molecule has 0 saturated heterocycles. The molecule has 1 heteroatoms. The zero-order valence-electron chi connectivity index (χ0n) is 13.0. The Hall–Kier alpha value is -2.02. The zero-order valence-corrected chi connectivity index (χ0v) is 13.0. The smallest absolute Gasteiger partial charge is 0.0404 e. The van der Waals surface area contributed by atoms with E-state index in [4.69, 9.17) is 0 Å². The molecule has 0 fully saturated rings. The number of rotatable bonds is 7. The maximum absolute atomic E-state index is 3.91.